The van der Waals surface area contributed by atoms with Gasteiger partial charge in [0, 0.05) is 24.9 Å². The second-order valence-electron chi connectivity index (χ2n) is 5.65. The minimum Gasteiger partial charge on any atom is -0.301 e. The Balaban J connectivity index is 1.89. The van der Waals surface area contributed by atoms with Crippen molar-refractivity contribution in [1.29, 1.82) is 0 Å². The number of aromatic nitrogens is 2. The van der Waals surface area contributed by atoms with Crippen LogP contribution >= 0.6 is 0 Å². The standard InChI is InChI=1S/C18H18FN3O2S/c1-3-18-20-10-11-22(18)17-9-6-14(12-16(17)19)21-25(23,24)15-7-4-13(2)5-8-15/h4-12,21H,3H2,1-2H3. The molecule has 3 aromatic rings. The van der Waals surface area contributed by atoms with E-state index < -0.39 is 15.8 Å². The van der Waals surface area contributed by atoms with Gasteiger partial charge in [-0.25, -0.2) is 17.8 Å². The molecule has 7 heteroatoms. The van der Waals surface area contributed by atoms with E-state index in [0.717, 1.165) is 11.4 Å². The molecule has 0 aliphatic heterocycles. The Morgan fingerprint density at radius 1 is 1.16 bits per heavy atom. The molecule has 0 saturated heterocycles. The van der Waals surface area contributed by atoms with Gasteiger partial charge in [0.1, 0.15) is 11.6 Å². The number of halogens is 1. The topological polar surface area (TPSA) is 64.0 Å². The molecule has 0 aliphatic rings. The highest BCUT2D eigenvalue weighted by Gasteiger charge is 2.16. The average molecular weight is 359 g/mol. The Hall–Kier alpha value is -2.67. The number of benzene rings is 2. The first-order valence-electron chi connectivity index (χ1n) is 7.82. The summed E-state index contributed by atoms with van der Waals surface area (Å²) in [5, 5.41) is 0. The average Bonchev–Trinajstić information content (AvgIpc) is 3.03. The van der Waals surface area contributed by atoms with Gasteiger partial charge in [-0.3, -0.25) is 4.72 Å². The van der Waals surface area contributed by atoms with Gasteiger partial charge >= 0.3 is 0 Å². The van der Waals surface area contributed by atoms with Gasteiger partial charge in [-0.2, -0.15) is 0 Å². The highest BCUT2D eigenvalue weighted by molar-refractivity contribution is 7.92. The van der Waals surface area contributed by atoms with Crippen LogP contribution in [0.3, 0.4) is 0 Å². The lowest BCUT2D eigenvalue weighted by molar-refractivity contribution is 0.601. The molecule has 0 unspecified atom stereocenters. The van der Waals surface area contributed by atoms with E-state index in [-0.39, 0.29) is 10.6 Å². The van der Waals surface area contributed by atoms with Crippen molar-refractivity contribution < 1.29 is 12.8 Å². The molecule has 0 bridgehead atoms. The predicted molar refractivity (Wildman–Crippen MR) is 94.9 cm³/mol. The first-order chi connectivity index (χ1) is 11.9. The van der Waals surface area contributed by atoms with Crippen LogP contribution in [-0.4, -0.2) is 18.0 Å². The smallest absolute Gasteiger partial charge is 0.261 e. The zero-order valence-corrected chi connectivity index (χ0v) is 14.7. The van der Waals surface area contributed by atoms with Gasteiger partial charge in [0.2, 0.25) is 0 Å². The molecule has 1 heterocycles. The summed E-state index contributed by atoms with van der Waals surface area (Å²) in [6.07, 6.45) is 3.94. The number of nitrogens with zero attached hydrogens (tertiary/aromatic N) is 2. The van der Waals surface area contributed by atoms with Gasteiger partial charge in [-0.1, -0.05) is 24.6 Å². The normalized spacial score (nSPS) is 11.5. The van der Waals surface area contributed by atoms with E-state index in [4.69, 9.17) is 0 Å². The molecule has 1 aromatic heterocycles. The van der Waals surface area contributed by atoms with Gasteiger partial charge in [0.05, 0.1) is 16.3 Å². The van der Waals surface area contributed by atoms with Crippen LogP contribution in [0.25, 0.3) is 5.69 Å². The van der Waals surface area contributed by atoms with Gasteiger partial charge in [-0.05, 0) is 31.2 Å². The zero-order chi connectivity index (χ0) is 18.0. The van der Waals surface area contributed by atoms with Crippen molar-refractivity contribution >= 4 is 15.7 Å². The molecule has 0 fully saturated rings. The van der Waals surface area contributed by atoms with E-state index in [9.17, 15) is 12.8 Å². The number of imidazole rings is 1. The minimum absolute atomic E-state index is 0.130. The van der Waals surface area contributed by atoms with Crippen LogP contribution in [-0.2, 0) is 16.4 Å². The molecule has 5 nitrogen and oxygen atoms in total. The zero-order valence-electron chi connectivity index (χ0n) is 13.9. The molecule has 25 heavy (non-hydrogen) atoms. The van der Waals surface area contributed by atoms with Gasteiger partial charge < -0.3 is 4.57 Å². The van der Waals surface area contributed by atoms with Crippen LogP contribution in [0.5, 0.6) is 0 Å². The fourth-order valence-electron chi connectivity index (χ4n) is 2.51. The van der Waals surface area contributed by atoms with Crippen LogP contribution < -0.4 is 4.72 Å². The van der Waals surface area contributed by atoms with Gasteiger partial charge in [-0.15, -0.1) is 0 Å². The summed E-state index contributed by atoms with van der Waals surface area (Å²) in [5.41, 5.74) is 1.45. The Morgan fingerprint density at radius 2 is 1.88 bits per heavy atom. The van der Waals surface area contributed by atoms with Crippen molar-refractivity contribution in [1.82, 2.24) is 9.55 Å². The largest absolute Gasteiger partial charge is 0.301 e. The van der Waals surface area contributed by atoms with Gasteiger partial charge in [0.25, 0.3) is 10.0 Å². The molecular weight excluding hydrogens is 341 g/mol. The minimum atomic E-state index is -3.76. The van der Waals surface area contributed by atoms with Crippen molar-refractivity contribution in [3.05, 3.63) is 72.1 Å². The monoisotopic (exact) mass is 359 g/mol. The Kier molecular flexibility index (Phi) is 4.59. The van der Waals surface area contributed by atoms with Crippen molar-refractivity contribution in [2.45, 2.75) is 25.2 Å². The van der Waals surface area contributed by atoms with Crippen molar-refractivity contribution in [2.24, 2.45) is 0 Å². The maximum absolute atomic E-state index is 14.5. The molecular formula is C18H18FN3O2S. The highest BCUT2D eigenvalue weighted by Crippen LogP contribution is 2.22. The third-order valence-electron chi connectivity index (χ3n) is 3.82. The Morgan fingerprint density at radius 3 is 2.52 bits per heavy atom. The Bertz CT molecular complexity index is 995. The lowest BCUT2D eigenvalue weighted by atomic mass is 10.2. The molecule has 130 valence electrons. The molecule has 0 spiro atoms. The number of hydrogen-bond donors (Lipinski definition) is 1. The lowest BCUT2D eigenvalue weighted by Crippen LogP contribution is -2.13. The molecule has 0 atom stereocenters. The fraction of sp³-hybridized carbons (Fsp3) is 0.167. The van der Waals surface area contributed by atoms with Crippen LogP contribution in [0.15, 0.2) is 59.8 Å². The van der Waals surface area contributed by atoms with Crippen molar-refractivity contribution in [3.63, 3.8) is 0 Å². The number of rotatable bonds is 5. The van der Waals surface area contributed by atoms with Crippen molar-refractivity contribution in [3.8, 4) is 5.69 Å². The lowest BCUT2D eigenvalue weighted by Gasteiger charge is -2.12. The summed E-state index contributed by atoms with van der Waals surface area (Å²) in [4.78, 5) is 4.30. The van der Waals surface area contributed by atoms with E-state index in [1.165, 1.54) is 30.3 Å². The SMILES string of the molecule is CCc1nccn1-c1ccc(NS(=O)(=O)c2ccc(C)cc2)cc1F. The summed E-state index contributed by atoms with van der Waals surface area (Å²) in [6.45, 7) is 3.80. The molecule has 3 rings (SSSR count). The molecule has 1 N–H and O–H groups in total. The number of aryl methyl sites for hydroxylation is 2. The van der Waals surface area contributed by atoms with Crippen molar-refractivity contribution in [2.75, 3.05) is 4.72 Å². The molecule has 2 aromatic carbocycles. The van der Waals surface area contributed by atoms with E-state index in [1.54, 1.807) is 29.1 Å². The maximum atomic E-state index is 14.5. The van der Waals surface area contributed by atoms with Crippen LogP contribution in [0.4, 0.5) is 10.1 Å². The number of sulfonamides is 1. The maximum Gasteiger partial charge on any atom is 0.261 e. The van der Waals surface area contributed by atoms with E-state index >= 15 is 0 Å². The fourth-order valence-corrected chi connectivity index (χ4v) is 3.56. The van der Waals surface area contributed by atoms with Crippen LogP contribution in [0.2, 0.25) is 0 Å². The molecule has 0 amide bonds. The summed E-state index contributed by atoms with van der Waals surface area (Å²) < 4.78 is 43.3. The third kappa shape index (κ3) is 3.56. The summed E-state index contributed by atoms with van der Waals surface area (Å²) in [5.74, 6) is 0.198. The number of nitrogens with one attached hydrogen (secondary N) is 1. The predicted octanol–water partition coefficient (Wildman–Crippen LogP) is 3.68. The second-order valence-corrected chi connectivity index (χ2v) is 7.33. The first-order valence-corrected chi connectivity index (χ1v) is 9.30. The third-order valence-corrected chi connectivity index (χ3v) is 5.22. The molecule has 0 aliphatic carbocycles. The summed E-state index contributed by atoms with van der Waals surface area (Å²) in [6, 6.07) is 10.7. The first kappa shape index (κ1) is 17.2. The number of hydrogen-bond acceptors (Lipinski definition) is 3. The molecule has 0 radical (unpaired) electrons. The number of anilines is 1. The van der Waals surface area contributed by atoms with E-state index in [0.29, 0.717) is 12.1 Å². The van der Waals surface area contributed by atoms with E-state index in [1.807, 2.05) is 13.8 Å². The highest BCUT2D eigenvalue weighted by atomic mass is 32.2. The Labute approximate surface area is 146 Å². The molecule has 0 saturated carbocycles. The van der Waals surface area contributed by atoms with E-state index in [2.05, 4.69) is 9.71 Å². The van der Waals surface area contributed by atoms with Gasteiger partial charge in [0.15, 0.2) is 0 Å². The second kappa shape index (κ2) is 6.68. The van der Waals surface area contributed by atoms with Crippen LogP contribution in [0, 0.1) is 12.7 Å². The quantitative estimate of drug-likeness (QED) is 0.756. The van der Waals surface area contributed by atoms with Crippen LogP contribution in [0.1, 0.15) is 18.3 Å². The summed E-state index contributed by atoms with van der Waals surface area (Å²) >= 11 is 0. The summed E-state index contributed by atoms with van der Waals surface area (Å²) in [7, 11) is -3.76.